The van der Waals surface area contributed by atoms with Crippen LogP contribution in [-0.2, 0) is 10.0 Å². The maximum Gasteiger partial charge on any atom is 0.257 e. The van der Waals surface area contributed by atoms with Gasteiger partial charge in [-0.1, -0.05) is 24.3 Å². The van der Waals surface area contributed by atoms with Gasteiger partial charge in [0.05, 0.1) is 15.1 Å². The van der Waals surface area contributed by atoms with Crippen LogP contribution in [-0.4, -0.2) is 36.7 Å². The molecule has 1 unspecified atom stereocenters. The van der Waals surface area contributed by atoms with Gasteiger partial charge in [-0.25, -0.2) is 13.4 Å². The highest BCUT2D eigenvalue weighted by atomic mass is 32.2. The third-order valence-electron chi connectivity index (χ3n) is 5.14. The zero-order chi connectivity index (χ0) is 20.6. The first kappa shape index (κ1) is 20.0. The van der Waals surface area contributed by atoms with Crippen LogP contribution in [0.2, 0.25) is 0 Å². The number of hydrogen-bond donors (Lipinski definition) is 1. The van der Waals surface area contributed by atoms with Crippen LogP contribution in [0, 0.1) is 12.8 Å². The van der Waals surface area contributed by atoms with Crippen LogP contribution in [0.1, 0.15) is 35.7 Å². The largest absolute Gasteiger partial charge is 0.298 e. The second-order valence-electron chi connectivity index (χ2n) is 7.58. The molecule has 1 atom stereocenters. The molecule has 3 aromatic rings. The number of benzene rings is 2. The summed E-state index contributed by atoms with van der Waals surface area (Å²) in [5.41, 5.74) is 2.37. The van der Waals surface area contributed by atoms with E-state index in [9.17, 15) is 13.2 Å². The lowest BCUT2D eigenvalue weighted by molar-refractivity contribution is 0.102. The molecule has 1 aliphatic heterocycles. The lowest BCUT2D eigenvalue weighted by Gasteiger charge is -2.30. The molecule has 0 radical (unpaired) electrons. The lowest BCUT2D eigenvalue weighted by atomic mass is 10.0. The fraction of sp³-hybridized carbons (Fsp3) is 0.333. The molecule has 1 amide bonds. The Labute approximate surface area is 174 Å². The van der Waals surface area contributed by atoms with Crippen molar-refractivity contribution in [1.29, 1.82) is 0 Å². The first-order chi connectivity index (χ1) is 13.8. The molecule has 4 rings (SSSR count). The van der Waals surface area contributed by atoms with E-state index in [2.05, 4.69) is 17.2 Å². The van der Waals surface area contributed by atoms with Gasteiger partial charge in [-0.3, -0.25) is 10.1 Å². The second-order valence-corrected chi connectivity index (χ2v) is 10.5. The van der Waals surface area contributed by atoms with Crippen molar-refractivity contribution in [2.45, 2.75) is 31.6 Å². The summed E-state index contributed by atoms with van der Waals surface area (Å²) in [6, 6.07) is 12.0. The molecule has 1 N–H and O–H groups in total. The Balaban J connectivity index is 1.50. The van der Waals surface area contributed by atoms with Crippen molar-refractivity contribution in [2.75, 3.05) is 18.4 Å². The lowest BCUT2D eigenvalue weighted by Crippen LogP contribution is -2.39. The van der Waals surface area contributed by atoms with E-state index in [1.807, 2.05) is 25.1 Å². The highest BCUT2D eigenvalue weighted by molar-refractivity contribution is 7.89. The SMILES string of the molecule is Cc1ccc2nc(NC(=O)c3ccc(S(=O)(=O)N4CCCC(C)C4)cc3)sc2c1. The predicted molar refractivity (Wildman–Crippen MR) is 116 cm³/mol. The minimum Gasteiger partial charge on any atom is -0.298 e. The number of piperidine rings is 1. The van der Waals surface area contributed by atoms with E-state index < -0.39 is 10.0 Å². The number of nitrogens with zero attached hydrogens (tertiary/aromatic N) is 2. The maximum absolute atomic E-state index is 12.8. The average Bonchev–Trinajstić information content (AvgIpc) is 3.09. The van der Waals surface area contributed by atoms with Crippen molar-refractivity contribution >= 4 is 42.6 Å². The van der Waals surface area contributed by atoms with Gasteiger partial charge < -0.3 is 0 Å². The Kier molecular flexibility index (Phi) is 5.42. The van der Waals surface area contributed by atoms with Crippen LogP contribution >= 0.6 is 11.3 Å². The molecule has 0 spiro atoms. The van der Waals surface area contributed by atoms with Gasteiger partial charge in [-0.05, 0) is 67.6 Å². The number of thiazole rings is 1. The number of rotatable bonds is 4. The van der Waals surface area contributed by atoms with Gasteiger partial charge >= 0.3 is 0 Å². The molecule has 0 bridgehead atoms. The number of aromatic nitrogens is 1. The molecule has 29 heavy (non-hydrogen) atoms. The molecule has 1 fully saturated rings. The number of amides is 1. The number of hydrogen-bond acceptors (Lipinski definition) is 5. The molecule has 1 aromatic heterocycles. The fourth-order valence-electron chi connectivity index (χ4n) is 3.55. The average molecular weight is 430 g/mol. The Morgan fingerprint density at radius 3 is 2.69 bits per heavy atom. The van der Waals surface area contributed by atoms with Crippen molar-refractivity contribution in [3.8, 4) is 0 Å². The van der Waals surface area contributed by atoms with Gasteiger partial charge in [0.15, 0.2) is 5.13 Å². The predicted octanol–water partition coefficient (Wildman–Crippen LogP) is 4.28. The van der Waals surface area contributed by atoms with E-state index in [0.29, 0.717) is 29.7 Å². The minimum atomic E-state index is -3.53. The molecular formula is C21H23N3O3S2. The van der Waals surface area contributed by atoms with Crippen molar-refractivity contribution in [3.05, 3.63) is 53.6 Å². The van der Waals surface area contributed by atoms with E-state index in [1.54, 1.807) is 16.4 Å². The summed E-state index contributed by atoms with van der Waals surface area (Å²) in [6.45, 7) is 5.17. The highest BCUT2D eigenvalue weighted by Gasteiger charge is 2.28. The summed E-state index contributed by atoms with van der Waals surface area (Å²) in [5, 5.41) is 3.33. The Bertz CT molecular complexity index is 1150. The van der Waals surface area contributed by atoms with E-state index in [1.165, 1.54) is 23.5 Å². The van der Waals surface area contributed by atoms with Crippen LogP contribution in [0.4, 0.5) is 5.13 Å². The summed E-state index contributed by atoms with van der Waals surface area (Å²) >= 11 is 1.42. The normalized spacial score (nSPS) is 18.1. The smallest absolute Gasteiger partial charge is 0.257 e. The second kappa shape index (κ2) is 7.85. The summed E-state index contributed by atoms with van der Waals surface area (Å²) < 4.78 is 28.3. The van der Waals surface area contributed by atoms with Gasteiger partial charge in [0.25, 0.3) is 5.91 Å². The van der Waals surface area contributed by atoms with Crippen LogP contribution in [0.5, 0.6) is 0 Å². The first-order valence-corrected chi connectivity index (χ1v) is 11.9. The van der Waals surface area contributed by atoms with Gasteiger partial charge in [0.1, 0.15) is 0 Å². The maximum atomic E-state index is 12.8. The van der Waals surface area contributed by atoms with E-state index in [-0.39, 0.29) is 10.8 Å². The summed E-state index contributed by atoms with van der Waals surface area (Å²) in [5.74, 6) is 0.0532. The number of carbonyl (C=O) groups is 1. The van der Waals surface area contributed by atoms with E-state index >= 15 is 0 Å². The number of anilines is 1. The van der Waals surface area contributed by atoms with Gasteiger partial charge in [-0.15, -0.1) is 0 Å². The first-order valence-electron chi connectivity index (χ1n) is 9.62. The zero-order valence-electron chi connectivity index (χ0n) is 16.4. The summed E-state index contributed by atoms with van der Waals surface area (Å²) in [7, 11) is -3.53. The quantitative estimate of drug-likeness (QED) is 0.671. The molecular weight excluding hydrogens is 406 g/mol. The molecule has 0 saturated carbocycles. The van der Waals surface area contributed by atoms with Crippen LogP contribution in [0.25, 0.3) is 10.2 Å². The topological polar surface area (TPSA) is 79.4 Å². The van der Waals surface area contributed by atoms with E-state index in [4.69, 9.17) is 0 Å². The van der Waals surface area contributed by atoms with Crippen molar-refractivity contribution in [3.63, 3.8) is 0 Å². The van der Waals surface area contributed by atoms with Gasteiger partial charge in [-0.2, -0.15) is 4.31 Å². The molecule has 2 aromatic carbocycles. The standard InChI is InChI=1S/C21H23N3O3S2/c1-14-5-10-18-19(12-14)28-21(22-18)23-20(25)16-6-8-17(9-7-16)29(26,27)24-11-3-4-15(2)13-24/h5-10,12,15H,3-4,11,13H2,1-2H3,(H,22,23,25). The molecule has 8 heteroatoms. The zero-order valence-corrected chi connectivity index (χ0v) is 18.0. The third-order valence-corrected chi connectivity index (χ3v) is 7.95. The van der Waals surface area contributed by atoms with Crippen LogP contribution < -0.4 is 5.32 Å². The number of nitrogens with one attached hydrogen (secondary N) is 1. The Hall–Kier alpha value is -2.29. The van der Waals surface area contributed by atoms with Crippen LogP contribution in [0.15, 0.2) is 47.4 Å². The summed E-state index contributed by atoms with van der Waals surface area (Å²) in [6.07, 6.45) is 1.93. The summed E-state index contributed by atoms with van der Waals surface area (Å²) in [4.78, 5) is 17.2. The number of fused-ring (bicyclic) bond motifs is 1. The molecule has 6 nitrogen and oxygen atoms in total. The fourth-order valence-corrected chi connectivity index (χ4v) is 6.10. The van der Waals surface area contributed by atoms with Gasteiger partial charge in [0, 0.05) is 18.7 Å². The Morgan fingerprint density at radius 1 is 1.21 bits per heavy atom. The number of aryl methyl sites for hydroxylation is 1. The molecule has 0 aliphatic carbocycles. The molecule has 2 heterocycles. The Morgan fingerprint density at radius 2 is 1.97 bits per heavy atom. The highest BCUT2D eigenvalue weighted by Crippen LogP contribution is 2.27. The molecule has 1 saturated heterocycles. The van der Waals surface area contributed by atoms with E-state index in [0.717, 1.165) is 28.6 Å². The number of carbonyl (C=O) groups excluding carboxylic acids is 1. The van der Waals surface area contributed by atoms with Gasteiger partial charge in [0.2, 0.25) is 10.0 Å². The van der Waals surface area contributed by atoms with Crippen molar-refractivity contribution in [2.24, 2.45) is 5.92 Å². The number of sulfonamides is 1. The molecule has 152 valence electrons. The van der Waals surface area contributed by atoms with Crippen molar-refractivity contribution in [1.82, 2.24) is 9.29 Å². The van der Waals surface area contributed by atoms with Crippen molar-refractivity contribution < 1.29 is 13.2 Å². The monoisotopic (exact) mass is 429 g/mol. The molecule has 1 aliphatic rings. The third kappa shape index (κ3) is 4.19. The minimum absolute atomic E-state index is 0.221. The van der Waals surface area contributed by atoms with Crippen LogP contribution in [0.3, 0.4) is 0 Å².